The Morgan fingerprint density at radius 2 is 1.54 bits per heavy atom. The van der Waals surface area contributed by atoms with Crippen molar-refractivity contribution in [2.45, 2.75) is 104 Å². The highest BCUT2D eigenvalue weighted by Crippen LogP contribution is 2.26. The van der Waals surface area contributed by atoms with E-state index in [1.165, 1.54) is 44.1 Å². The molecule has 2 heteroatoms. The summed E-state index contributed by atoms with van der Waals surface area (Å²) in [6.07, 6.45) is 16.5. The number of carbonyl (C=O) groups excluding carboxylic acids is 2. The molecule has 0 atom stereocenters. The lowest BCUT2D eigenvalue weighted by molar-refractivity contribution is -0.115. The summed E-state index contributed by atoms with van der Waals surface area (Å²) in [5, 5.41) is 0. The fourth-order valence-corrected chi connectivity index (χ4v) is 3.37. The topological polar surface area (TPSA) is 34.1 Å². The SMILES string of the molecule is CCCCCC1=C(C)CCC1=O.CCCCCC=C1CCCC1=O. The molecule has 0 spiro atoms. The molecule has 2 aliphatic carbocycles. The number of unbranched alkanes of at least 4 members (excludes halogenated alkanes) is 5. The summed E-state index contributed by atoms with van der Waals surface area (Å²) in [6, 6.07) is 0. The van der Waals surface area contributed by atoms with Crippen LogP contribution in [0.15, 0.2) is 22.8 Å². The van der Waals surface area contributed by atoms with Gasteiger partial charge in [-0.05, 0) is 63.0 Å². The van der Waals surface area contributed by atoms with Crippen molar-refractivity contribution >= 4 is 11.6 Å². The molecule has 0 bridgehead atoms. The van der Waals surface area contributed by atoms with E-state index >= 15 is 0 Å². The second kappa shape index (κ2) is 12.2. The van der Waals surface area contributed by atoms with Gasteiger partial charge in [0.05, 0.1) is 0 Å². The summed E-state index contributed by atoms with van der Waals surface area (Å²) in [6.45, 7) is 6.50. The van der Waals surface area contributed by atoms with Crippen LogP contribution in [0.4, 0.5) is 0 Å². The van der Waals surface area contributed by atoms with E-state index in [9.17, 15) is 9.59 Å². The number of carbonyl (C=O) groups is 2. The number of ketones is 2. The standard InChI is InChI=1S/2C11H18O/c1-3-4-5-6-10-9(2)7-8-11(10)12;1-2-3-4-5-7-10-8-6-9-11(10)12/h3-8H2,1-2H3;7H,2-6,8-9H2,1H3. The summed E-state index contributed by atoms with van der Waals surface area (Å²) >= 11 is 0. The minimum absolute atomic E-state index is 0.395. The first-order chi connectivity index (χ1) is 11.6. The van der Waals surface area contributed by atoms with Crippen LogP contribution in [0.1, 0.15) is 104 Å². The van der Waals surface area contributed by atoms with Gasteiger partial charge in [0.2, 0.25) is 0 Å². The molecular formula is C22H36O2. The third-order valence-electron chi connectivity index (χ3n) is 5.02. The molecule has 0 saturated heterocycles. The van der Waals surface area contributed by atoms with E-state index in [2.05, 4.69) is 26.8 Å². The van der Waals surface area contributed by atoms with Crippen LogP contribution in [0.5, 0.6) is 0 Å². The second-order valence-electron chi connectivity index (χ2n) is 7.14. The molecule has 0 unspecified atom stereocenters. The van der Waals surface area contributed by atoms with Gasteiger partial charge >= 0.3 is 0 Å². The van der Waals surface area contributed by atoms with Gasteiger partial charge in [-0.1, -0.05) is 51.2 Å². The van der Waals surface area contributed by atoms with Gasteiger partial charge in [-0.15, -0.1) is 0 Å². The quantitative estimate of drug-likeness (QED) is 0.376. The minimum atomic E-state index is 0.395. The van der Waals surface area contributed by atoms with Gasteiger partial charge < -0.3 is 0 Å². The van der Waals surface area contributed by atoms with Crippen molar-refractivity contribution in [2.75, 3.05) is 0 Å². The monoisotopic (exact) mass is 332 g/mol. The molecule has 0 N–H and O–H groups in total. The summed E-state index contributed by atoms with van der Waals surface area (Å²) < 4.78 is 0. The summed E-state index contributed by atoms with van der Waals surface area (Å²) in [7, 11) is 0. The highest BCUT2D eigenvalue weighted by atomic mass is 16.1. The van der Waals surface area contributed by atoms with Crippen LogP contribution in [0, 0.1) is 0 Å². The molecule has 2 rings (SSSR count). The molecule has 2 aliphatic rings. The molecule has 0 amide bonds. The fraction of sp³-hybridized carbons (Fsp3) is 0.727. The molecule has 2 nitrogen and oxygen atoms in total. The molecule has 0 aromatic heterocycles. The molecule has 136 valence electrons. The maximum absolute atomic E-state index is 11.3. The van der Waals surface area contributed by atoms with Crippen LogP contribution in [0.2, 0.25) is 0 Å². The maximum atomic E-state index is 11.3. The van der Waals surface area contributed by atoms with E-state index in [0.29, 0.717) is 11.6 Å². The smallest absolute Gasteiger partial charge is 0.159 e. The Kier molecular flexibility index (Phi) is 10.6. The van der Waals surface area contributed by atoms with E-state index in [1.54, 1.807) is 0 Å². The van der Waals surface area contributed by atoms with Crippen LogP contribution >= 0.6 is 0 Å². The lowest BCUT2D eigenvalue weighted by Crippen LogP contribution is -1.96. The van der Waals surface area contributed by atoms with Gasteiger partial charge in [0.1, 0.15) is 0 Å². The van der Waals surface area contributed by atoms with Crippen molar-refractivity contribution in [2.24, 2.45) is 0 Å². The molecule has 1 fully saturated rings. The second-order valence-corrected chi connectivity index (χ2v) is 7.14. The van der Waals surface area contributed by atoms with Crippen LogP contribution < -0.4 is 0 Å². The normalized spacial score (nSPS) is 19.2. The van der Waals surface area contributed by atoms with Gasteiger partial charge in [0.25, 0.3) is 0 Å². The molecule has 24 heavy (non-hydrogen) atoms. The number of rotatable bonds is 8. The van der Waals surface area contributed by atoms with Crippen LogP contribution in [0.3, 0.4) is 0 Å². The fourth-order valence-electron chi connectivity index (χ4n) is 3.37. The largest absolute Gasteiger partial charge is 0.295 e. The highest BCUT2D eigenvalue weighted by molar-refractivity contribution is 5.98. The number of Topliss-reactive ketones (excluding diaryl/α,β-unsaturated/α-hetero) is 2. The number of hydrogen-bond donors (Lipinski definition) is 0. The van der Waals surface area contributed by atoms with Gasteiger partial charge in [-0.3, -0.25) is 9.59 Å². The Hall–Kier alpha value is -1.18. The van der Waals surface area contributed by atoms with Crippen LogP contribution in [-0.2, 0) is 9.59 Å². The zero-order valence-corrected chi connectivity index (χ0v) is 16.1. The Morgan fingerprint density at radius 3 is 2.08 bits per heavy atom. The van der Waals surface area contributed by atoms with E-state index in [-0.39, 0.29) is 0 Å². The first-order valence-corrected chi connectivity index (χ1v) is 10.0. The van der Waals surface area contributed by atoms with Gasteiger partial charge in [0.15, 0.2) is 11.6 Å². The Morgan fingerprint density at radius 1 is 0.833 bits per heavy atom. The van der Waals surface area contributed by atoms with Crippen LogP contribution in [0.25, 0.3) is 0 Å². The predicted molar refractivity (Wildman–Crippen MR) is 102 cm³/mol. The summed E-state index contributed by atoms with van der Waals surface area (Å²) in [5.41, 5.74) is 3.59. The molecule has 0 aromatic carbocycles. The van der Waals surface area contributed by atoms with E-state index in [0.717, 1.165) is 56.1 Å². The van der Waals surface area contributed by atoms with Gasteiger partial charge in [-0.25, -0.2) is 0 Å². The zero-order valence-electron chi connectivity index (χ0n) is 16.1. The Labute approximate surface area is 148 Å². The molecule has 1 saturated carbocycles. The first kappa shape index (κ1) is 20.9. The first-order valence-electron chi connectivity index (χ1n) is 10.0. The van der Waals surface area contributed by atoms with Crippen molar-refractivity contribution in [1.82, 2.24) is 0 Å². The molecule has 0 radical (unpaired) electrons. The summed E-state index contributed by atoms with van der Waals surface area (Å²) in [4.78, 5) is 22.5. The Balaban J connectivity index is 0.000000240. The molecular weight excluding hydrogens is 296 g/mol. The molecule has 0 heterocycles. The predicted octanol–water partition coefficient (Wildman–Crippen LogP) is 6.49. The van der Waals surface area contributed by atoms with E-state index < -0.39 is 0 Å². The van der Waals surface area contributed by atoms with Gasteiger partial charge in [-0.2, -0.15) is 0 Å². The highest BCUT2D eigenvalue weighted by Gasteiger charge is 2.18. The van der Waals surface area contributed by atoms with Crippen molar-refractivity contribution in [3.05, 3.63) is 22.8 Å². The number of allylic oxidation sites excluding steroid dienone is 4. The molecule has 0 aromatic rings. The van der Waals surface area contributed by atoms with Crippen molar-refractivity contribution in [3.8, 4) is 0 Å². The van der Waals surface area contributed by atoms with E-state index in [4.69, 9.17) is 0 Å². The zero-order chi connectivity index (χ0) is 17.8. The van der Waals surface area contributed by atoms with E-state index in [1.807, 2.05) is 0 Å². The Bertz CT molecular complexity index is 468. The van der Waals surface area contributed by atoms with Crippen LogP contribution in [-0.4, -0.2) is 11.6 Å². The summed E-state index contributed by atoms with van der Waals surface area (Å²) in [5.74, 6) is 0.801. The minimum Gasteiger partial charge on any atom is -0.295 e. The average Bonchev–Trinajstić information content (AvgIpc) is 3.12. The van der Waals surface area contributed by atoms with Crippen molar-refractivity contribution in [1.29, 1.82) is 0 Å². The van der Waals surface area contributed by atoms with Crippen molar-refractivity contribution < 1.29 is 9.59 Å². The van der Waals surface area contributed by atoms with Gasteiger partial charge in [0, 0.05) is 12.8 Å². The average molecular weight is 333 g/mol. The maximum Gasteiger partial charge on any atom is 0.159 e. The lowest BCUT2D eigenvalue weighted by Gasteiger charge is -2.00. The third kappa shape index (κ3) is 7.59. The molecule has 0 aliphatic heterocycles. The van der Waals surface area contributed by atoms with Crippen molar-refractivity contribution in [3.63, 3.8) is 0 Å². The number of hydrogen-bond acceptors (Lipinski definition) is 2. The lowest BCUT2D eigenvalue weighted by atomic mass is 10.0. The third-order valence-corrected chi connectivity index (χ3v) is 5.02.